The summed E-state index contributed by atoms with van der Waals surface area (Å²) in [6.45, 7) is 3.10. The number of hydrogen-bond donors (Lipinski definition) is 1. The molecule has 2 aliphatic rings. The normalized spacial score (nSPS) is 28.1. The van der Waals surface area contributed by atoms with Crippen LogP contribution in [0, 0.1) is 5.92 Å². The summed E-state index contributed by atoms with van der Waals surface area (Å²) in [4.78, 5) is 11.8. The van der Waals surface area contributed by atoms with Gasteiger partial charge in [0.25, 0.3) is 10.2 Å². The van der Waals surface area contributed by atoms with E-state index in [0.717, 1.165) is 19.3 Å². The molecule has 1 unspecified atom stereocenters. The third-order valence-electron chi connectivity index (χ3n) is 4.55. The lowest BCUT2D eigenvalue weighted by Crippen LogP contribution is -2.59. The van der Waals surface area contributed by atoms with Gasteiger partial charge < -0.3 is 5.73 Å². The van der Waals surface area contributed by atoms with Crippen LogP contribution in [0.2, 0.25) is 0 Å². The maximum Gasteiger partial charge on any atom is 0.282 e. The Morgan fingerprint density at radius 2 is 1.95 bits per heavy atom. The van der Waals surface area contributed by atoms with Crippen LogP contribution in [0.25, 0.3) is 0 Å². The van der Waals surface area contributed by atoms with Crippen LogP contribution in [0.5, 0.6) is 0 Å². The maximum atomic E-state index is 12.6. The van der Waals surface area contributed by atoms with Crippen molar-refractivity contribution >= 4 is 16.1 Å². The lowest BCUT2D eigenvalue weighted by atomic mass is 9.97. The molecule has 0 bridgehead atoms. The summed E-state index contributed by atoms with van der Waals surface area (Å²) in [6, 6.07) is 0. The summed E-state index contributed by atoms with van der Waals surface area (Å²) in [5, 5.41) is 0. The Kier molecular flexibility index (Phi) is 3.90. The quantitative estimate of drug-likeness (QED) is 0.808. The molecule has 1 saturated carbocycles. The van der Waals surface area contributed by atoms with Crippen molar-refractivity contribution in [3.8, 4) is 0 Å². The first-order valence-corrected chi connectivity index (χ1v) is 8.24. The van der Waals surface area contributed by atoms with Crippen LogP contribution in [-0.4, -0.2) is 48.6 Å². The van der Waals surface area contributed by atoms with Gasteiger partial charge in [-0.2, -0.15) is 17.0 Å². The molecule has 110 valence electrons. The van der Waals surface area contributed by atoms with Crippen molar-refractivity contribution in [3.05, 3.63) is 0 Å². The Labute approximate surface area is 115 Å². The van der Waals surface area contributed by atoms with Crippen molar-refractivity contribution in [1.29, 1.82) is 0 Å². The van der Waals surface area contributed by atoms with Gasteiger partial charge in [-0.1, -0.05) is 19.8 Å². The fourth-order valence-corrected chi connectivity index (χ4v) is 5.01. The van der Waals surface area contributed by atoms with Crippen LogP contribution < -0.4 is 5.73 Å². The lowest BCUT2D eigenvalue weighted by molar-refractivity contribution is -0.126. The summed E-state index contributed by atoms with van der Waals surface area (Å²) in [5.74, 6) is -0.153. The van der Waals surface area contributed by atoms with Crippen LogP contribution in [0.1, 0.15) is 39.0 Å². The summed E-state index contributed by atoms with van der Waals surface area (Å²) in [6.07, 6.45) is 3.62. The van der Waals surface area contributed by atoms with E-state index in [0.29, 0.717) is 31.8 Å². The molecule has 2 N–H and O–H groups in total. The monoisotopic (exact) mass is 289 g/mol. The number of carbonyl (C=O) groups excluding carboxylic acids is 1. The minimum absolute atomic E-state index is 0.372. The Bertz CT molecular complexity index is 457. The zero-order valence-corrected chi connectivity index (χ0v) is 12.4. The molecular weight excluding hydrogens is 266 g/mol. The van der Waals surface area contributed by atoms with E-state index in [4.69, 9.17) is 5.73 Å². The highest BCUT2D eigenvalue weighted by Crippen LogP contribution is 2.37. The second-order valence-corrected chi connectivity index (χ2v) is 7.79. The minimum atomic E-state index is -3.59. The predicted octanol–water partition coefficient (Wildman–Crippen LogP) is 0.303. The highest BCUT2D eigenvalue weighted by atomic mass is 32.2. The lowest BCUT2D eigenvalue weighted by Gasteiger charge is -2.37. The number of nitrogens with two attached hydrogens (primary N) is 1. The van der Waals surface area contributed by atoms with Gasteiger partial charge in [-0.05, 0) is 25.2 Å². The third-order valence-corrected chi connectivity index (χ3v) is 6.58. The van der Waals surface area contributed by atoms with E-state index in [1.54, 1.807) is 0 Å². The molecule has 0 aromatic rings. The highest BCUT2D eigenvalue weighted by Gasteiger charge is 2.50. The summed E-state index contributed by atoms with van der Waals surface area (Å²) in [5.41, 5.74) is 4.47. The molecule has 1 atom stereocenters. The van der Waals surface area contributed by atoms with Gasteiger partial charge in [0.1, 0.15) is 5.54 Å². The van der Waals surface area contributed by atoms with Crippen molar-refractivity contribution in [1.82, 2.24) is 8.61 Å². The molecule has 2 fully saturated rings. The van der Waals surface area contributed by atoms with Crippen LogP contribution in [0.15, 0.2) is 0 Å². The molecule has 19 heavy (non-hydrogen) atoms. The fourth-order valence-electron chi connectivity index (χ4n) is 3.17. The molecule has 1 saturated heterocycles. The standard InChI is InChI=1S/C12H23N3O3S/c1-10-5-8-15(9-10)19(17,18)14(2)12(11(13)16)6-3-4-7-12/h10H,3-9H2,1-2H3,(H2,13,16). The molecule has 1 aliphatic heterocycles. The smallest absolute Gasteiger partial charge is 0.282 e. The first kappa shape index (κ1) is 14.7. The Morgan fingerprint density at radius 1 is 1.37 bits per heavy atom. The molecule has 0 aromatic heterocycles. The number of hydrogen-bond acceptors (Lipinski definition) is 3. The van der Waals surface area contributed by atoms with E-state index in [1.165, 1.54) is 15.7 Å². The van der Waals surface area contributed by atoms with Crippen LogP contribution >= 0.6 is 0 Å². The molecule has 6 nitrogen and oxygen atoms in total. The van der Waals surface area contributed by atoms with Gasteiger partial charge in [-0.3, -0.25) is 4.79 Å². The number of primary amides is 1. The second-order valence-electron chi connectivity index (χ2n) is 5.83. The van der Waals surface area contributed by atoms with Gasteiger partial charge in [0.2, 0.25) is 5.91 Å². The van der Waals surface area contributed by atoms with E-state index >= 15 is 0 Å². The molecule has 0 radical (unpaired) electrons. The van der Waals surface area contributed by atoms with Crippen molar-refractivity contribution in [2.75, 3.05) is 20.1 Å². The molecule has 1 amide bonds. The van der Waals surface area contributed by atoms with E-state index in [-0.39, 0.29) is 0 Å². The zero-order chi connectivity index (χ0) is 14.3. The third kappa shape index (κ3) is 2.39. The van der Waals surface area contributed by atoms with Crippen LogP contribution in [-0.2, 0) is 15.0 Å². The fraction of sp³-hybridized carbons (Fsp3) is 0.917. The van der Waals surface area contributed by atoms with Crippen molar-refractivity contribution in [2.45, 2.75) is 44.6 Å². The molecule has 1 heterocycles. The van der Waals surface area contributed by atoms with Gasteiger partial charge in [-0.15, -0.1) is 0 Å². The average Bonchev–Trinajstić information content (AvgIpc) is 2.97. The largest absolute Gasteiger partial charge is 0.368 e. The minimum Gasteiger partial charge on any atom is -0.368 e. The van der Waals surface area contributed by atoms with Crippen molar-refractivity contribution in [2.24, 2.45) is 11.7 Å². The van der Waals surface area contributed by atoms with E-state index in [1.807, 2.05) is 6.92 Å². The number of amides is 1. The van der Waals surface area contributed by atoms with Gasteiger partial charge in [-0.25, -0.2) is 0 Å². The Hall–Kier alpha value is -0.660. The molecule has 2 rings (SSSR count). The van der Waals surface area contributed by atoms with Gasteiger partial charge >= 0.3 is 0 Å². The highest BCUT2D eigenvalue weighted by molar-refractivity contribution is 7.86. The van der Waals surface area contributed by atoms with Crippen LogP contribution in [0.3, 0.4) is 0 Å². The first-order chi connectivity index (χ1) is 8.80. The number of nitrogens with zero attached hydrogens (tertiary/aromatic N) is 2. The van der Waals surface area contributed by atoms with Gasteiger partial charge in [0.05, 0.1) is 0 Å². The maximum absolute atomic E-state index is 12.6. The van der Waals surface area contributed by atoms with E-state index in [2.05, 4.69) is 0 Å². The van der Waals surface area contributed by atoms with Crippen molar-refractivity contribution in [3.63, 3.8) is 0 Å². The van der Waals surface area contributed by atoms with Crippen molar-refractivity contribution < 1.29 is 13.2 Å². The zero-order valence-electron chi connectivity index (χ0n) is 11.6. The summed E-state index contributed by atoms with van der Waals surface area (Å²) < 4.78 is 27.9. The summed E-state index contributed by atoms with van der Waals surface area (Å²) in [7, 11) is -2.10. The summed E-state index contributed by atoms with van der Waals surface area (Å²) >= 11 is 0. The Morgan fingerprint density at radius 3 is 2.37 bits per heavy atom. The molecule has 1 aliphatic carbocycles. The molecule has 7 heteroatoms. The number of likely N-dealkylation sites (N-methyl/N-ethyl adjacent to an activating group) is 1. The van der Waals surface area contributed by atoms with Gasteiger partial charge in [0.15, 0.2) is 0 Å². The van der Waals surface area contributed by atoms with E-state index in [9.17, 15) is 13.2 Å². The Balaban J connectivity index is 2.26. The molecular formula is C12H23N3O3S. The second kappa shape index (κ2) is 5.03. The average molecular weight is 289 g/mol. The topological polar surface area (TPSA) is 83.7 Å². The van der Waals surface area contributed by atoms with Gasteiger partial charge in [0, 0.05) is 20.1 Å². The SMILES string of the molecule is CC1CCN(S(=O)(=O)N(C)C2(C(N)=O)CCCC2)C1. The molecule has 0 spiro atoms. The molecule has 0 aromatic carbocycles. The number of carbonyl (C=O) groups is 1. The van der Waals surface area contributed by atoms with Crippen LogP contribution in [0.4, 0.5) is 0 Å². The first-order valence-electron chi connectivity index (χ1n) is 6.85. The number of rotatable bonds is 4. The predicted molar refractivity (Wildman–Crippen MR) is 72.4 cm³/mol. The van der Waals surface area contributed by atoms with E-state index < -0.39 is 21.7 Å².